The third-order valence-electron chi connectivity index (χ3n) is 4.17. The molecule has 1 N–H and O–H groups in total. The lowest BCUT2D eigenvalue weighted by atomic mass is 9.95. The highest BCUT2D eigenvalue weighted by Crippen LogP contribution is 2.18. The fourth-order valence-electron chi connectivity index (χ4n) is 2.86. The first kappa shape index (κ1) is 18.1. The van der Waals surface area contributed by atoms with E-state index in [0.717, 1.165) is 18.4 Å². The molecule has 0 aliphatic heterocycles. The largest absolute Gasteiger partial charge is 0.463 e. The average molecular weight is 332 g/mol. The van der Waals surface area contributed by atoms with Crippen LogP contribution in [-0.2, 0) is 9.53 Å². The smallest absolute Gasteiger partial charge is 0.335 e. The highest BCUT2D eigenvalue weighted by Gasteiger charge is 2.16. The third-order valence-corrected chi connectivity index (χ3v) is 4.17. The molecule has 130 valence electrons. The number of nitro benzene ring substituents is 1. The van der Waals surface area contributed by atoms with Crippen LogP contribution in [0.1, 0.15) is 44.6 Å². The SMILES string of the molecule is CCOC(=O)/C(=C/c1ccc([N+](=O)[O-])cc1)CNC1CCCCC1. The molecule has 0 bridgehead atoms. The van der Waals surface area contributed by atoms with Crippen LogP contribution in [0.25, 0.3) is 6.08 Å². The molecule has 6 nitrogen and oxygen atoms in total. The van der Waals surface area contributed by atoms with Crippen molar-refractivity contribution in [1.82, 2.24) is 5.32 Å². The molecular formula is C18H24N2O4. The van der Waals surface area contributed by atoms with Gasteiger partial charge in [0.15, 0.2) is 0 Å². The van der Waals surface area contributed by atoms with E-state index in [1.807, 2.05) is 0 Å². The Labute approximate surface area is 142 Å². The van der Waals surface area contributed by atoms with Gasteiger partial charge in [0, 0.05) is 24.7 Å². The molecule has 24 heavy (non-hydrogen) atoms. The van der Waals surface area contributed by atoms with Crippen molar-refractivity contribution < 1.29 is 14.5 Å². The molecule has 1 fully saturated rings. The highest BCUT2D eigenvalue weighted by molar-refractivity contribution is 5.94. The lowest BCUT2D eigenvalue weighted by molar-refractivity contribution is -0.384. The Kier molecular flexibility index (Phi) is 6.93. The Morgan fingerprint density at radius 2 is 1.96 bits per heavy atom. The summed E-state index contributed by atoms with van der Waals surface area (Å²) in [6, 6.07) is 6.58. The van der Waals surface area contributed by atoms with Gasteiger partial charge in [-0.3, -0.25) is 10.1 Å². The summed E-state index contributed by atoms with van der Waals surface area (Å²) in [7, 11) is 0. The number of carbonyl (C=O) groups is 1. The van der Waals surface area contributed by atoms with Crippen LogP contribution in [0.2, 0.25) is 0 Å². The fraction of sp³-hybridized carbons (Fsp3) is 0.500. The fourth-order valence-corrected chi connectivity index (χ4v) is 2.86. The van der Waals surface area contributed by atoms with Crippen LogP contribution in [0, 0.1) is 10.1 Å². The predicted octanol–water partition coefficient (Wildman–Crippen LogP) is 3.46. The van der Waals surface area contributed by atoms with Gasteiger partial charge in [-0.15, -0.1) is 0 Å². The zero-order valence-electron chi connectivity index (χ0n) is 14.0. The Hall–Kier alpha value is -2.21. The molecule has 1 saturated carbocycles. The minimum atomic E-state index is -0.440. The molecule has 0 unspecified atom stereocenters. The molecule has 0 radical (unpaired) electrons. The molecule has 0 amide bonds. The molecule has 1 aromatic rings. The highest BCUT2D eigenvalue weighted by atomic mass is 16.6. The van der Waals surface area contributed by atoms with Crippen molar-refractivity contribution in [3.05, 3.63) is 45.5 Å². The van der Waals surface area contributed by atoms with Crippen molar-refractivity contribution in [2.75, 3.05) is 13.2 Å². The van der Waals surface area contributed by atoms with Gasteiger partial charge in [-0.1, -0.05) is 19.3 Å². The number of hydrogen-bond acceptors (Lipinski definition) is 5. The summed E-state index contributed by atoms with van der Waals surface area (Å²) in [6.07, 6.45) is 7.72. The summed E-state index contributed by atoms with van der Waals surface area (Å²) in [5, 5.41) is 14.1. The van der Waals surface area contributed by atoms with Crippen LogP contribution in [0.15, 0.2) is 29.8 Å². The van der Waals surface area contributed by atoms with Gasteiger partial charge >= 0.3 is 5.97 Å². The van der Waals surface area contributed by atoms with Gasteiger partial charge in [-0.05, 0) is 43.5 Å². The lowest BCUT2D eigenvalue weighted by Gasteiger charge is -2.23. The molecule has 0 spiro atoms. The van der Waals surface area contributed by atoms with Crippen LogP contribution >= 0.6 is 0 Å². The molecule has 2 rings (SSSR count). The van der Waals surface area contributed by atoms with Gasteiger partial charge in [-0.2, -0.15) is 0 Å². The topological polar surface area (TPSA) is 81.5 Å². The molecule has 0 atom stereocenters. The summed E-state index contributed by atoms with van der Waals surface area (Å²) in [6.45, 7) is 2.54. The normalized spacial score (nSPS) is 16.0. The van der Waals surface area contributed by atoms with Crippen LogP contribution in [0.4, 0.5) is 5.69 Å². The zero-order chi connectivity index (χ0) is 17.4. The molecule has 0 aromatic heterocycles. The third kappa shape index (κ3) is 5.45. The van der Waals surface area contributed by atoms with Gasteiger partial charge in [0.1, 0.15) is 0 Å². The van der Waals surface area contributed by atoms with Crippen molar-refractivity contribution in [2.24, 2.45) is 0 Å². The van der Waals surface area contributed by atoms with Gasteiger partial charge in [-0.25, -0.2) is 4.79 Å². The van der Waals surface area contributed by atoms with Crippen molar-refractivity contribution in [3.8, 4) is 0 Å². The van der Waals surface area contributed by atoms with Gasteiger partial charge in [0.2, 0.25) is 0 Å². The second-order valence-corrected chi connectivity index (χ2v) is 5.95. The maximum absolute atomic E-state index is 12.2. The Balaban J connectivity index is 2.08. The number of benzene rings is 1. The van der Waals surface area contributed by atoms with E-state index in [-0.39, 0.29) is 11.7 Å². The standard InChI is InChI=1S/C18H24N2O4/c1-2-24-18(21)15(13-19-16-6-4-3-5-7-16)12-14-8-10-17(11-9-14)20(22)23/h8-12,16,19H,2-7,13H2,1H3/b15-12+. The van der Waals surface area contributed by atoms with Crippen molar-refractivity contribution in [1.29, 1.82) is 0 Å². The predicted molar refractivity (Wildman–Crippen MR) is 92.6 cm³/mol. The monoisotopic (exact) mass is 332 g/mol. The van der Waals surface area contributed by atoms with E-state index in [0.29, 0.717) is 24.8 Å². The van der Waals surface area contributed by atoms with E-state index in [4.69, 9.17) is 4.74 Å². The molecule has 1 aliphatic rings. The number of non-ortho nitro benzene ring substituents is 1. The molecular weight excluding hydrogens is 308 g/mol. The average Bonchev–Trinajstić information content (AvgIpc) is 2.60. The number of ether oxygens (including phenoxy) is 1. The summed E-state index contributed by atoms with van der Waals surface area (Å²) < 4.78 is 5.12. The summed E-state index contributed by atoms with van der Waals surface area (Å²) in [5.41, 5.74) is 1.32. The van der Waals surface area contributed by atoms with Crippen molar-refractivity contribution >= 4 is 17.7 Å². The van der Waals surface area contributed by atoms with Crippen LogP contribution in [-0.4, -0.2) is 30.1 Å². The Bertz CT molecular complexity index is 590. The van der Waals surface area contributed by atoms with Gasteiger partial charge < -0.3 is 10.1 Å². The molecule has 1 aliphatic carbocycles. The first-order valence-corrected chi connectivity index (χ1v) is 8.45. The molecule has 6 heteroatoms. The second kappa shape index (κ2) is 9.17. The molecule has 0 heterocycles. The van der Waals surface area contributed by atoms with Crippen molar-refractivity contribution in [2.45, 2.75) is 45.1 Å². The first-order chi connectivity index (χ1) is 11.6. The number of rotatable bonds is 7. The number of carbonyl (C=O) groups excluding carboxylic acids is 1. The summed E-state index contributed by atoms with van der Waals surface area (Å²) in [5.74, 6) is -0.348. The number of nitrogens with one attached hydrogen (secondary N) is 1. The first-order valence-electron chi connectivity index (χ1n) is 8.45. The number of nitrogens with zero attached hydrogens (tertiary/aromatic N) is 1. The number of esters is 1. The molecule has 1 aromatic carbocycles. The minimum Gasteiger partial charge on any atom is -0.463 e. The van der Waals surface area contributed by atoms with Crippen LogP contribution in [0.3, 0.4) is 0 Å². The minimum absolute atomic E-state index is 0.0326. The van der Waals surface area contributed by atoms with Gasteiger partial charge in [0.25, 0.3) is 5.69 Å². The van der Waals surface area contributed by atoms with E-state index in [2.05, 4.69) is 5.32 Å². The van der Waals surface area contributed by atoms with Crippen LogP contribution in [0.5, 0.6) is 0 Å². The van der Waals surface area contributed by atoms with E-state index < -0.39 is 4.92 Å². The Morgan fingerprint density at radius 3 is 2.54 bits per heavy atom. The van der Waals surface area contributed by atoms with E-state index in [1.165, 1.54) is 31.4 Å². The number of hydrogen-bond donors (Lipinski definition) is 1. The van der Waals surface area contributed by atoms with E-state index in [9.17, 15) is 14.9 Å². The second-order valence-electron chi connectivity index (χ2n) is 5.95. The quantitative estimate of drug-likeness (QED) is 0.358. The van der Waals surface area contributed by atoms with Gasteiger partial charge in [0.05, 0.1) is 17.1 Å². The maximum atomic E-state index is 12.2. The zero-order valence-corrected chi connectivity index (χ0v) is 14.0. The number of nitro groups is 1. The van der Waals surface area contributed by atoms with E-state index >= 15 is 0 Å². The molecule has 0 saturated heterocycles. The summed E-state index contributed by atoms with van der Waals surface area (Å²) >= 11 is 0. The van der Waals surface area contributed by atoms with Crippen molar-refractivity contribution in [3.63, 3.8) is 0 Å². The lowest BCUT2D eigenvalue weighted by Crippen LogP contribution is -2.34. The Morgan fingerprint density at radius 1 is 1.29 bits per heavy atom. The maximum Gasteiger partial charge on any atom is 0.335 e. The van der Waals surface area contributed by atoms with E-state index in [1.54, 1.807) is 25.1 Å². The summed E-state index contributed by atoms with van der Waals surface area (Å²) in [4.78, 5) is 22.4. The van der Waals surface area contributed by atoms with Crippen LogP contribution < -0.4 is 5.32 Å².